The summed E-state index contributed by atoms with van der Waals surface area (Å²) in [6, 6.07) is 5.22. The van der Waals surface area contributed by atoms with E-state index in [0.717, 1.165) is 22.8 Å². The standard InChI is InChI=1S/C18H11ClF5N5O2/c19-11-1-9(5-25)2-13(4-11)31-14-15(18(22,23)24)26-8-29(17(14)30)7-12-3-10(16(20)21)6-27-28-12/h1-4,8,16,27H,6-7H2. The Morgan fingerprint density at radius 1 is 1.32 bits per heavy atom. The zero-order valence-electron chi connectivity index (χ0n) is 15.3. The van der Waals surface area contributed by atoms with Crippen LogP contribution in [-0.4, -0.2) is 28.2 Å². The Bertz CT molecular complexity index is 1170. The van der Waals surface area contributed by atoms with Gasteiger partial charge < -0.3 is 10.2 Å². The van der Waals surface area contributed by atoms with Crippen molar-refractivity contribution >= 4 is 17.3 Å². The molecule has 2 aromatic rings. The number of hydrazone groups is 1. The predicted octanol–water partition coefficient (Wildman–Crippen LogP) is 3.73. The highest BCUT2D eigenvalue weighted by Gasteiger charge is 2.39. The fourth-order valence-corrected chi connectivity index (χ4v) is 2.83. The Morgan fingerprint density at radius 2 is 2.06 bits per heavy atom. The summed E-state index contributed by atoms with van der Waals surface area (Å²) in [7, 11) is 0. The van der Waals surface area contributed by atoms with Crippen LogP contribution in [0.5, 0.6) is 11.5 Å². The van der Waals surface area contributed by atoms with Crippen molar-refractivity contribution in [1.29, 1.82) is 5.26 Å². The molecule has 13 heteroatoms. The summed E-state index contributed by atoms with van der Waals surface area (Å²) in [5.74, 6) is -1.45. The van der Waals surface area contributed by atoms with Crippen LogP contribution < -0.4 is 15.7 Å². The largest absolute Gasteiger partial charge is 0.449 e. The summed E-state index contributed by atoms with van der Waals surface area (Å²) in [6.45, 7) is -0.645. The minimum absolute atomic E-state index is 0.000810. The molecule has 0 saturated heterocycles. The minimum atomic E-state index is -5.03. The zero-order valence-corrected chi connectivity index (χ0v) is 16.0. The number of rotatable bonds is 5. The van der Waals surface area contributed by atoms with Gasteiger partial charge in [-0.1, -0.05) is 11.6 Å². The lowest BCUT2D eigenvalue weighted by molar-refractivity contribution is -0.142. The monoisotopic (exact) mass is 459 g/mol. The fraction of sp³-hybridized carbons (Fsp3) is 0.222. The molecule has 0 spiro atoms. The summed E-state index contributed by atoms with van der Waals surface area (Å²) < 4.78 is 71.8. The van der Waals surface area contributed by atoms with E-state index in [1.807, 2.05) is 0 Å². The van der Waals surface area contributed by atoms with Gasteiger partial charge in [-0.25, -0.2) is 13.8 Å². The lowest BCUT2D eigenvalue weighted by atomic mass is 10.2. The number of hydrogen-bond acceptors (Lipinski definition) is 6. The van der Waals surface area contributed by atoms with Gasteiger partial charge in [-0.05, 0) is 24.3 Å². The topological polar surface area (TPSA) is 92.3 Å². The molecule has 0 bridgehead atoms. The average molecular weight is 460 g/mol. The van der Waals surface area contributed by atoms with Crippen molar-refractivity contribution in [3.05, 3.63) is 62.8 Å². The van der Waals surface area contributed by atoms with Gasteiger partial charge in [-0.3, -0.25) is 9.36 Å². The predicted molar refractivity (Wildman–Crippen MR) is 99.3 cm³/mol. The maximum absolute atomic E-state index is 13.4. The Morgan fingerprint density at radius 3 is 2.71 bits per heavy atom. The number of nitrogens with zero attached hydrogens (tertiary/aromatic N) is 4. The first-order valence-corrected chi connectivity index (χ1v) is 8.79. The molecule has 31 heavy (non-hydrogen) atoms. The van der Waals surface area contributed by atoms with Gasteiger partial charge in [-0.15, -0.1) is 0 Å². The molecule has 0 atom stereocenters. The number of ether oxygens (including phenoxy) is 1. The summed E-state index contributed by atoms with van der Waals surface area (Å²) in [5, 5.41) is 12.7. The molecule has 162 valence electrons. The third-order valence-corrected chi connectivity index (χ3v) is 4.17. The van der Waals surface area contributed by atoms with E-state index in [1.54, 1.807) is 6.07 Å². The second-order valence-corrected chi connectivity index (χ2v) is 6.64. The van der Waals surface area contributed by atoms with Crippen LogP contribution in [0.3, 0.4) is 0 Å². The number of nitrogens with one attached hydrogen (secondary N) is 1. The Hall–Kier alpha value is -3.46. The molecule has 0 fully saturated rings. The number of nitriles is 1. The Kier molecular flexibility index (Phi) is 6.26. The summed E-state index contributed by atoms with van der Waals surface area (Å²) in [6.07, 6.45) is -6.14. The highest BCUT2D eigenvalue weighted by Crippen LogP contribution is 2.35. The maximum Gasteiger partial charge on any atom is 0.437 e. The van der Waals surface area contributed by atoms with Gasteiger partial charge in [-0.2, -0.15) is 23.5 Å². The van der Waals surface area contributed by atoms with Crippen molar-refractivity contribution in [3.63, 3.8) is 0 Å². The minimum Gasteiger partial charge on any atom is -0.449 e. The average Bonchev–Trinajstić information content (AvgIpc) is 2.69. The van der Waals surface area contributed by atoms with Gasteiger partial charge in [0.15, 0.2) is 5.69 Å². The molecule has 7 nitrogen and oxygen atoms in total. The van der Waals surface area contributed by atoms with E-state index in [4.69, 9.17) is 21.6 Å². The molecule has 1 aromatic carbocycles. The number of hydrogen-bond donors (Lipinski definition) is 1. The van der Waals surface area contributed by atoms with Crippen molar-refractivity contribution in [1.82, 2.24) is 15.0 Å². The maximum atomic E-state index is 13.4. The van der Waals surface area contributed by atoms with Crippen molar-refractivity contribution in [2.45, 2.75) is 19.1 Å². The molecule has 2 heterocycles. The zero-order chi connectivity index (χ0) is 22.8. The number of halogens is 6. The highest BCUT2D eigenvalue weighted by atomic mass is 35.5. The van der Waals surface area contributed by atoms with Gasteiger partial charge in [0.2, 0.25) is 5.75 Å². The van der Waals surface area contributed by atoms with Crippen molar-refractivity contribution < 1.29 is 26.7 Å². The third kappa shape index (κ3) is 5.18. The van der Waals surface area contributed by atoms with Crippen LogP contribution in [0.4, 0.5) is 22.0 Å². The summed E-state index contributed by atoms with van der Waals surface area (Å²) >= 11 is 5.82. The van der Waals surface area contributed by atoms with E-state index in [-0.39, 0.29) is 34.2 Å². The first-order chi connectivity index (χ1) is 14.6. The molecule has 0 unspecified atom stereocenters. The quantitative estimate of drug-likeness (QED) is 0.688. The van der Waals surface area contributed by atoms with Crippen LogP contribution in [0.15, 0.2) is 46.1 Å². The van der Waals surface area contributed by atoms with Crippen molar-refractivity contribution in [3.8, 4) is 17.6 Å². The molecular formula is C18H11ClF5N5O2. The molecule has 1 N–H and O–H groups in total. The number of aromatic nitrogens is 2. The van der Waals surface area contributed by atoms with Crippen LogP contribution in [0.1, 0.15) is 11.3 Å². The van der Waals surface area contributed by atoms with Gasteiger partial charge in [0, 0.05) is 10.6 Å². The first kappa shape index (κ1) is 22.2. The molecule has 3 rings (SSSR count). The van der Waals surface area contributed by atoms with Crippen LogP contribution in [0.2, 0.25) is 5.02 Å². The SMILES string of the molecule is N#Cc1cc(Cl)cc(Oc2c(C(F)(F)F)ncn(CC3=NNCC(C(F)F)=C3)c2=O)c1. The lowest BCUT2D eigenvalue weighted by Gasteiger charge is -2.17. The molecule has 0 amide bonds. The third-order valence-electron chi connectivity index (χ3n) is 3.96. The number of allylic oxidation sites excluding steroid dienone is 1. The van der Waals surface area contributed by atoms with Gasteiger partial charge >= 0.3 is 6.18 Å². The van der Waals surface area contributed by atoms with E-state index >= 15 is 0 Å². The highest BCUT2D eigenvalue weighted by molar-refractivity contribution is 6.30. The second-order valence-electron chi connectivity index (χ2n) is 6.20. The van der Waals surface area contributed by atoms with Gasteiger partial charge in [0.25, 0.3) is 12.0 Å². The fourth-order valence-electron chi connectivity index (χ4n) is 2.61. The van der Waals surface area contributed by atoms with Crippen LogP contribution >= 0.6 is 11.6 Å². The normalized spacial score (nSPS) is 13.9. The lowest BCUT2D eigenvalue weighted by Crippen LogP contribution is -2.31. The molecule has 0 aliphatic carbocycles. The smallest absolute Gasteiger partial charge is 0.437 e. The number of alkyl halides is 5. The molecule has 1 aromatic heterocycles. The molecule has 1 aliphatic rings. The summed E-state index contributed by atoms with van der Waals surface area (Å²) in [5.41, 5.74) is -0.794. The van der Waals surface area contributed by atoms with Crippen molar-refractivity contribution in [2.24, 2.45) is 5.10 Å². The van der Waals surface area contributed by atoms with Crippen LogP contribution in [0.25, 0.3) is 0 Å². The Balaban J connectivity index is 2.04. The Labute approximate surface area is 176 Å². The van der Waals surface area contributed by atoms with Gasteiger partial charge in [0.05, 0.1) is 36.8 Å². The molecular weight excluding hydrogens is 449 g/mol. The molecule has 1 aliphatic heterocycles. The van der Waals surface area contributed by atoms with E-state index in [1.165, 1.54) is 6.07 Å². The van der Waals surface area contributed by atoms with E-state index in [9.17, 15) is 26.7 Å². The second kappa shape index (κ2) is 8.73. The van der Waals surface area contributed by atoms with Crippen LogP contribution in [0, 0.1) is 11.3 Å². The molecule has 0 saturated carbocycles. The van der Waals surface area contributed by atoms with Gasteiger partial charge in [0.1, 0.15) is 5.75 Å². The summed E-state index contributed by atoms with van der Waals surface area (Å²) in [4.78, 5) is 16.0. The molecule has 0 radical (unpaired) electrons. The number of benzene rings is 1. The van der Waals surface area contributed by atoms with E-state index < -0.39 is 36.1 Å². The van der Waals surface area contributed by atoms with Crippen molar-refractivity contribution in [2.75, 3.05) is 6.54 Å². The van der Waals surface area contributed by atoms with E-state index in [2.05, 4.69) is 15.5 Å². The van der Waals surface area contributed by atoms with E-state index in [0.29, 0.717) is 6.33 Å². The first-order valence-electron chi connectivity index (χ1n) is 8.41. The van der Waals surface area contributed by atoms with Crippen LogP contribution in [-0.2, 0) is 12.7 Å².